The molecule has 4 heteroatoms. The van der Waals surface area contributed by atoms with Gasteiger partial charge in [-0.1, -0.05) is 32.1 Å². The van der Waals surface area contributed by atoms with E-state index in [0.717, 1.165) is 12.1 Å². The van der Waals surface area contributed by atoms with E-state index in [-0.39, 0.29) is 0 Å². The highest BCUT2D eigenvalue weighted by Gasteiger charge is 2.04. The number of carbonyl (C=O) groups excluding carboxylic acids is 1. The molecule has 0 fully saturated rings. The van der Waals surface area contributed by atoms with Gasteiger partial charge in [-0.2, -0.15) is 10.2 Å². The minimum Gasteiger partial charge on any atom is -0.423 e. The molecule has 0 heterocycles. The second-order valence-corrected chi connectivity index (χ2v) is 5.63. The van der Waals surface area contributed by atoms with Crippen LogP contribution in [0.3, 0.4) is 0 Å². The van der Waals surface area contributed by atoms with Crippen molar-refractivity contribution in [2.45, 2.75) is 33.1 Å². The van der Waals surface area contributed by atoms with Crippen LogP contribution in [-0.2, 0) is 11.2 Å². The number of hydrogen-bond donors (Lipinski definition) is 0. The van der Waals surface area contributed by atoms with Gasteiger partial charge in [0, 0.05) is 5.57 Å². The predicted molar refractivity (Wildman–Crippen MR) is 96.1 cm³/mol. The maximum atomic E-state index is 11.4. The number of esters is 1. The minimum atomic E-state index is -0.437. The van der Waals surface area contributed by atoms with E-state index >= 15 is 0 Å². The monoisotopic (exact) mass is 322 g/mol. The van der Waals surface area contributed by atoms with Gasteiger partial charge >= 0.3 is 5.97 Å². The van der Waals surface area contributed by atoms with E-state index < -0.39 is 5.97 Å². The van der Waals surface area contributed by atoms with Crippen molar-refractivity contribution in [1.82, 2.24) is 0 Å². The van der Waals surface area contributed by atoms with Crippen LogP contribution in [0.4, 0.5) is 11.4 Å². The number of aryl methyl sites for hydroxylation is 1. The lowest BCUT2D eigenvalue weighted by molar-refractivity contribution is -0.130. The highest BCUT2D eigenvalue weighted by atomic mass is 16.5. The molecule has 0 atom stereocenters. The highest BCUT2D eigenvalue weighted by Crippen LogP contribution is 2.22. The van der Waals surface area contributed by atoms with Crippen molar-refractivity contribution >= 4 is 17.3 Å². The molecule has 24 heavy (non-hydrogen) atoms. The molecular weight excluding hydrogens is 300 g/mol. The summed E-state index contributed by atoms with van der Waals surface area (Å²) in [5.41, 5.74) is 3.19. The van der Waals surface area contributed by atoms with Crippen molar-refractivity contribution in [2.24, 2.45) is 10.2 Å². The standard InChI is InChI=1S/C20H22N2O2/c1-4-5-6-16-7-9-17(10-8-16)21-22-18-11-13-19(14-12-18)24-20(23)15(2)3/h7-14H,2,4-6H2,1,3H3. The van der Waals surface area contributed by atoms with E-state index in [1.807, 2.05) is 12.1 Å². The van der Waals surface area contributed by atoms with Gasteiger partial charge in [-0.05, 0) is 61.7 Å². The molecule has 0 N–H and O–H groups in total. The van der Waals surface area contributed by atoms with Gasteiger partial charge < -0.3 is 4.74 Å². The first-order chi connectivity index (χ1) is 11.6. The molecule has 0 aliphatic heterocycles. The molecule has 2 aromatic rings. The van der Waals surface area contributed by atoms with Crippen molar-refractivity contribution in [2.75, 3.05) is 0 Å². The number of azo groups is 1. The van der Waals surface area contributed by atoms with Crippen molar-refractivity contribution in [3.05, 3.63) is 66.2 Å². The van der Waals surface area contributed by atoms with Crippen molar-refractivity contribution < 1.29 is 9.53 Å². The molecule has 0 saturated heterocycles. The van der Waals surface area contributed by atoms with Crippen molar-refractivity contribution in [1.29, 1.82) is 0 Å². The average Bonchev–Trinajstić information content (AvgIpc) is 2.60. The quantitative estimate of drug-likeness (QED) is 0.275. The Morgan fingerprint density at radius 1 is 1.00 bits per heavy atom. The van der Waals surface area contributed by atoms with E-state index in [1.165, 1.54) is 18.4 Å². The second kappa shape index (κ2) is 8.77. The first-order valence-corrected chi connectivity index (χ1v) is 8.07. The van der Waals surface area contributed by atoms with Crippen LogP contribution in [0.25, 0.3) is 0 Å². The van der Waals surface area contributed by atoms with Crippen molar-refractivity contribution in [3.63, 3.8) is 0 Å². The van der Waals surface area contributed by atoms with Crippen LogP contribution in [-0.4, -0.2) is 5.97 Å². The zero-order valence-electron chi connectivity index (χ0n) is 14.2. The molecule has 0 aliphatic rings. The molecular formula is C20H22N2O2. The van der Waals surface area contributed by atoms with Gasteiger partial charge in [0.25, 0.3) is 0 Å². The summed E-state index contributed by atoms with van der Waals surface area (Å²) in [4.78, 5) is 11.4. The van der Waals surface area contributed by atoms with Crippen LogP contribution in [0.5, 0.6) is 5.75 Å². The third-order valence-corrected chi connectivity index (χ3v) is 3.43. The summed E-state index contributed by atoms with van der Waals surface area (Å²) in [5.74, 6) is 0.0229. The van der Waals surface area contributed by atoms with Crippen LogP contribution >= 0.6 is 0 Å². The number of ether oxygens (including phenoxy) is 1. The highest BCUT2D eigenvalue weighted by molar-refractivity contribution is 5.88. The topological polar surface area (TPSA) is 51.0 Å². The fourth-order valence-corrected chi connectivity index (χ4v) is 2.00. The SMILES string of the molecule is C=C(C)C(=O)Oc1ccc(N=Nc2ccc(CCCC)cc2)cc1. The third-order valence-electron chi connectivity index (χ3n) is 3.43. The molecule has 0 aliphatic carbocycles. The number of nitrogens with zero attached hydrogens (tertiary/aromatic N) is 2. The molecule has 0 amide bonds. The van der Waals surface area contributed by atoms with Crippen LogP contribution in [0.1, 0.15) is 32.3 Å². The Balaban J connectivity index is 1.96. The van der Waals surface area contributed by atoms with Crippen LogP contribution in [0.15, 0.2) is 70.9 Å². The Kier molecular flexibility index (Phi) is 6.43. The van der Waals surface area contributed by atoms with Crippen LogP contribution in [0, 0.1) is 0 Å². The number of hydrogen-bond acceptors (Lipinski definition) is 4. The Labute approximate surface area is 142 Å². The lowest BCUT2D eigenvalue weighted by Crippen LogP contribution is -2.07. The van der Waals surface area contributed by atoms with Gasteiger partial charge in [0.05, 0.1) is 11.4 Å². The smallest absolute Gasteiger partial charge is 0.338 e. The van der Waals surface area contributed by atoms with Crippen LogP contribution < -0.4 is 4.74 Å². The molecule has 0 radical (unpaired) electrons. The number of benzene rings is 2. The zero-order chi connectivity index (χ0) is 17.4. The first-order valence-electron chi connectivity index (χ1n) is 8.07. The summed E-state index contributed by atoms with van der Waals surface area (Å²) in [7, 11) is 0. The van der Waals surface area contributed by atoms with E-state index in [0.29, 0.717) is 17.0 Å². The Hall–Kier alpha value is -2.75. The number of rotatable bonds is 7. The number of unbranched alkanes of at least 4 members (excludes halogenated alkanes) is 1. The fraction of sp³-hybridized carbons (Fsp3) is 0.250. The van der Waals surface area contributed by atoms with Gasteiger partial charge in [0.15, 0.2) is 0 Å². The average molecular weight is 322 g/mol. The second-order valence-electron chi connectivity index (χ2n) is 5.63. The van der Waals surface area contributed by atoms with Gasteiger partial charge in [-0.15, -0.1) is 0 Å². The summed E-state index contributed by atoms with van der Waals surface area (Å²) >= 11 is 0. The van der Waals surface area contributed by atoms with E-state index in [1.54, 1.807) is 31.2 Å². The molecule has 124 valence electrons. The summed E-state index contributed by atoms with van der Waals surface area (Å²) in [5, 5.41) is 8.41. The van der Waals surface area contributed by atoms with Gasteiger partial charge in [-0.25, -0.2) is 4.79 Å². The van der Waals surface area contributed by atoms with Gasteiger partial charge in [0.1, 0.15) is 5.75 Å². The van der Waals surface area contributed by atoms with E-state index in [9.17, 15) is 4.79 Å². The number of carbonyl (C=O) groups is 1. The summed E-state index contributed by atoms with van der Waals surface area (Å²) in [6.07, 6.45) is 3.49. The zero-order valence-corrected chi connectivity index (χ0v) is 14.2. The molecule has 0 bridgehead atoms. The Morgan fingerprint density at radius 2 is 1.54 bits per heavy atom. The largest absolute Gasteiger partial charge is 0.423 e. The predicted octanol–water partition coefficient (Wildman–Crippen LogP) is 5.93. The molecule has 0 aromatic heterocycles. The molecule has 0 unspecified atom stereocenters. The van der Waals surface area contributed by atoms with Crippen LogP contribution in [0.2, 0.25) is 0 Å². The maximum absolute atomic E-state index is 11.4. The van der Waals surface area contributed by atoms with Crippen molar-refractivity contribution in [3.8, 4) is 5.75 Å². The van der Waals surface area contributed by atoms with Gasteiger partial charge in [-0.3, -0.25) is 0 Å². The summed E-state index contributed by atoms with van der Waals surface area (Å²) in [6.45, 7) is 7.34. The summed E-state index contributed by atoms with van der Waals surface area (Å²) < 4.78 is 5.13. The lowest BCUT2D eigenvalue weighted by Gasteiger charge is -2.03. The molecule has 0 saturated carbocycles. The maximum Gasteiger partial charge on any atom is 0.338 e. The first kappa shape index (κ1) is 17.6. The van der Waals surface area contributed by atoms with E-state index in [4.69, 9.17) is 4.74 Å². The molecule has 0 spiro atoms. The third kappa shape index (κ3) is 5.47. The molecule has 2 aromatic carbocycles. The minimum absolute atomic E-state index is 0.362. The van der Waals surface area contributed by atoms with E-state index in [2.05, 4.69) is 35.9 Å². The lowest BCUT2D eigenvalue weighted by atomic mass is 10.1. The normalized spacial score (nSPS) is 10.8. The molecule has 2 rings (SSSR count). The molecule has 4 nitrogen and oxygen atoms in total. The Morgan fingerprint density at radius 3 is 2.04 bits per heavy atom. The Bertz CT molecular complexity index is 716. The summed E-state index contributed by atoms with van der Waals surface area (Å²) in [6, 6.07) is 15.0. The van der Waals surface area contributed by atoms with Gasteiger partial charge in [0.2, 0.25) is 0 Å². The fourth-order valence-electron chi connectivity index (χ4n) is 2.00.